The predicted octanol–water partition coefficient (Wildman–Crippen LogP) is 6.10. The minimum Gasteiger partial charge on any atom is -0.463 e. The summed E-state index contributed by atoms with van der Waals surface area (Å²) in [6.07, 6.45) is 1.94. The predicted molar refractivity (Wildman–Crippen MR) is 154 cm³/mol. The molecule has 8 nitrogen and oxygen atoms in total. The Labute approximate surface area is 247 Å². The van der Waals surface area contributed by atoms with Crippen LogP contribution in [0.2, 0.25) is 0 Å². The van der Waals surface area contributed by atoms with E-state index in [1.54, 1.807) is 4.90 Å². The summed E-state index contributed by atoms with van der Waals surface area (Å²) >= 11 is 3.00. The van der Waals surface area contributed by atoms with Crippen molar-refractivity contribution in [1.82, 2.24) is 19.8 Å². The zero-order valence-corrected chi connectivity index (χ0v) is 25.9. The molecule has 0 N–H and O–H groups in total. The van der Waals surface area contributed by atoms with E-state index in [-0.39, 0.29) is 45.0 Å². The highest BCUT2D eigenvalue weighted by molar-refractivity contribution is 9.10. The lowest BCUT2D eigenvalue weighted by Gasteiger charge is -2.46. The van der Waals surface area contributed by atoms with Crippen molar-refractivity contribution in [1.29, 1.82) is 0 Å². The molecule has 0 spiro atoms. The van der Waals surface area contributed by atoms with Crippen molar-refractivity contribution in [3.63, 3.8) is 0 Å². The molecule has 2 aromatic rings. The summed E-state index contributed by atoms with van der Waals surface area (Å²) in [5.74, 6) is -1.23. The molecule has 2 saturated heterocycles. The van der Waals surface area contributed by atoms with Gasteiger partial charge in [-0.3, -0.25) is 9.80 Å². The number of fused-ring (bicyclic) bond motifs is 1. The van der Waals surface area contributed by atoms with Gasteiger partial charge < -0.3 is 14.4 Å². The van der Waals surface area contributed by atoms with E-state index in [9.17, 15) is 13.6 Å². The molecule has 5 rings (SSSR count). The monoisotopic (exact) mass is 641 g/mol. The fourth-order valence-corrected chi connectivity index (χ4v) is 6.22. The zero-order valence-electron chi connectivity index (χ0n) is 24.4. The second-order valence-electron chi connectivity index (χ2n) is 12.8. The Morgan fingerprint density at radius 2 is 1.93 bits per heavy atom. The standard InChI is InChI=1S/C29H39BrF3N5O3/c1-6-19-14-37(12-17(2)38(19)27(39)41-28(3,4)5)25-20-11-21(32)22(30)23(33)24(20)34-26(35-25)40-16-29(8-9-29)15-36-10-7-18(31)13-36/h11,17-19H,6-10,12-16H2,1-5H3/t17-,18-,19-/m1/s1. The highest BCUT2D eigenvalue weighted by Crippen LogP contribution is 2.47. The third kappa shape index (κ3) is 6.53. The molecule has 0 radical (unpaired) electrons. The molecule has 3 heterocycles. The van der Waals surface area contributed by atoms with Gasteiger partial charge in [0.05, 0.1) is 23.2 Å². The number of aromatic nitrogens is 2. The summed E-state index contributed by atoms with van der Waals surface area (Å²) in [5, 5.41) is 0.232. The van der Waals surface area contributed by atoms with Crippen LogP contribution in [0.3, 0.4) is 0 Å². The fraction of sp³-hybridized carbons (Fsp3) is 0.690. The van der Waals surface area contributed by atoms with Crippen LogP contribution in [-0.4, -0.2) is 89.0 Å². The second kappa shape index (κ2) is 11.4. The average molecular weight is 643 g/mol. The number of benzene rings is 1. The molecule has 1 aromatic carbocycles. The molecule has 3 fully saturated rings. The molecule has 41 heavy (non-hydrogen) atoms. The largest absolute Gasteiger partial charge is 0.463 e. The molecule has 1 aliphatic carbocycles. The van der Waals surface area contributed by atoms with Crippen LogP contribution < -0.4 is 9.64 Å². The Balaban J connectivity index is 1.43. The number of hydrogen-bond acceptors (Lipinski definition) is 7. The molecule has 0 bridgehead atoms. The van der Waals surface area contributed by atoms with Gasteiger partial charge in [-0.2, -0.15) is 9.97 Å². The van der Waals surface area contributed by atoms with E-state index in [0.29, 0.717) is 44.9 Å². The van der Waals surface area contributed by atoms with Gasteiger partial charge in [-0.05, 0) is 75.4 Å². The average Bonchev–Trinajstić information content (AvgIpc) is 3.54. The lowest BCUT2D eigenvalue weighted by atomic mass is 10.0. The first-order valence-corrected chi connectivity index (χ1v) is 15.2. The number of likely N-dealkylation sites (tertiary alicyclic amines) is 1. The summed E-state index contributed by atoms with van der Waals surface area (Å²) in [6.45, 7) is 12.4. The summed E-state index contributed by atoms with van der Waals surface area (Å²) < 4.78 is 55.3. The molecule has 1 amide bonds. The van der Waals surface area contributed by atoms with Gasteiger partial charge in [-0.1, -0.05) is 6.92 Å². The van der Waals surface area contributed by atoms with Crippen molar-refractivity contribution in [2.45, 2.75) is 84.2 Å². The van der Waals surface area contributed by atoms with Gasteiger partial charge in [0.25, 0.3) is 0 Å². The number of carbonyl (C=O) groups is 1. The SMILES string of the molecule is CC[C@@H]1CN(c2nc(OCC3(CN4CC[C@@H](F)C4)CC3)nc3c(F)c(Br)c(F)cc23)C[C@@H](C)N1C(=O)OC(C)(C)C. The van der Waals surface area contributed by atoms with E-state index in [1.165, 1.54) is 6.07 Å². The minimum atomic E-state index is -0.826. The Kier molecular flexibility index (Phi) is 8.37. The van der Waals surface area contributed by atoms with Gasteiger partial charge >= 0.3 is 12.1 Å². The van der Waals surface area contributed by atoms with Crippen LogP contribution >= 0.6 is 15.9 Å². The smallest absolute Gasteiger partial charge is 0.410 e. The topological polar surface area (TPSA) is 71.0 Å². The van der Waals surface area contributed by atoms with Gasteiger partial charge in [-0.15, -0.1) is 0 Å². The highest BCUT2D eigenvalue weighted by Gasteiger charge is 2.46. The first-order chi connectivity index (χ1) is 19.3. The number of carbonyl (C=O) groups excluding carboxylic acids is 1. The fourth-order valence-electron chi connectivity index (χ4n) is 5.91. The maximum atomic E-state index is 15.4. The van der Waals surface area contributed by atoms with Crippen molar-refractivity contribution >= 4 is 38.7 Å². The number of halogens is 4. The first-order valence-electron chi connectivity index (χ1n) is 14.4. The van der Waals surface area contributed by atoms with Crippen molar-refractivity contribution in [3.05, 3.63) is 22.2 Å². The van der Waals surface area contributed by atoms with Crippen LogP contribution in [-0.2, 0) is 4.74 Å². The lowest BCUT2D eigenvalue weighted by molar-refractivity contribution is 0.00287. The molecule has 0 unspecified atom stereocenters. The number of rotatable bonds is 7. The molecule has 226 valence electrons. The van der Waals surface area contributed by atoms with Crippen LogP contribution in [0.5, 0.6) is 6.01 Å². The van der Waals surface area contributed by atoms with E-state index in [1.807, 2.05) is 39.5 Å². The number of nitrogens with zero attached hydrogens (tertiary/aromatic N) is 5. The molecule has 12 heteroatoms. The number of anilines is 1. The van der Waals surface area contributed by atoms with Crippen molar-refractivity contribution in [2.75, 3.05) is 44.2 Å². The maximum Gasteiger partial charge on any atom is 0.410 e. The summed E-state index contributed by atoms with van der Waals surface area (Å²) in [4.78, 5) is 27.9. The van der Waals surface area contributed by atoms with Crippen molar-refractivity contribution < 1.29 is 27.4 Å². The highest BCUT2D eigenvalue weighted by atomic mass is 79.9. The Hall–Kier alpha value is -2.34. The van der Waals surface area contributed by atoms with Crippen LogP contribution in [0.25, 0.3) is 10.9 Å². The third-order valence-electron chi connectivity index (χ3n) is 8.18. The van der Waals surface area contributed by atoms with E-state index >= 15 is 4.39 Å². The van der Waals surface area contributed by atoms with Gasteiger partial charge in [0.1, 0.15) is 28.9 Å². The number of ether oxygens (including phenoxy) is 2. The van der Waals surface area contributed by atoms with E-state index < -0.39 is 23.4 Å². The molecule has 1 saturated carbocycles. The minimum absolute atomic E-state index is 0.0104. The number of hydrogen-bond donors (Lipinski definition) is 0. The summed E-state index contributed by atoms with van der Waals surface area (Å²) in [5.41, 5.74) is -0.783. The van der Waals surface area contributed by atoms with Gasteiger partial charge in [-0.25, -0.2) is 18.0 Å². The number of piperazine rings is 1. The summed E-state index contributed by atoms with van der Waals surface area (Å²) in [7, 11) is 0. The number of alkyl halides is 1. The first kappa shape index (κ1) is 30.1. The van der Waals surface area contributed by atoms with Gasteiger partial charge in [0, 0.05) is 43.5 Å². The quantitative estimate of drug-likeness (QED) is 0.339. The Morgan fingerprint density at radius 3 is 2.54 bits per heavy atom. The van der Waals surface area contributed by atoms with Gasteiger partial charge in [0.15, 0.2) is 5.82 Å². The Bertz CT molecular complexity index is 1300. The molecule has 3 atom stereocenters. The normalized spacial score (nSPS) is 24.7. The molecular formula is C29H39BrF3N5O3. The molecular weight excluding hydrogens is 603 g/mol. The van der Waals surface area contributed by atoms with E-state index in [4.69, 9.17) is 9.47 Å². The maximum absolute atomic E-state index is 15.4. The van der Waals surface area contributed by atoms with Crippen molar-refractivity contribution in [3.8, 4) is 6.01 Å². The van der Waals surface area contributed by atoms with Gasteiger partial charge in [0.2, 0.25) is 0 Å². The van der Waals surface area contributed by atoms with Crippen LogP contribution in [0.4, 0.5) is 23.8 Å². The third-order valence-corrected chi connectivity index (χ3v) is 8.91. The van der Waals surface area contributed by atoms with Crippen LogP contribution in [0.1, 0.15) is 60.3 Å². The van der Waals surface area contributed by atoms with Crippen LogP contribution in [0.15, 0.2) is 10.5 Å². The zero-order chi connectivity index (χ0) is 29.7. The molecule has 1 aromatic heterocycles. The molecule has 2 aliphatic heterocycles. The van der Waals surface area contributed by atoms with E-state index in [2.05, 4.69) is 30.8 Å². The number of amides is 1. The summed E-state index contributed by atoms with van der Waals surface area (Å²) in [6, 6.07) is 0.785. The second-order valence-corrected chi connectivity index (χ2v) is 13.6. The van der Waals surface area contributed by atoms with Crippen molar-refractivity contribution in [2.24, 2.45) is 5.41 Å². The molecule has 3 aliphatic rings. The Morgan fingerprint density at radius 1 is 1.20 bits per heavy atom. The van der Waals surface area contributed by atoms with E-state index in [0.717, 1.165) is 25.9 Å². The lowest BCUT2D eigenvalue weighted by Crippen LogP contribution is -2.60. The van der Waals surface area contributed by atoms with Crippen LogP contribution in [0, 0.1) is 17.0 Å².